The molecule has 6 heteroatoms. The quantitative estimate of drug-likeness (QED) is 0.833. The minimum absolute atomic E-state index is 0.105. The van der Waals surface area contributed by atoms with Crippen LogP contribution in [0.15, 0.2) is 17.0 Å². The lowest BCUT2D eigenvalue weighted by Crippen LogP contribution is -2.28. The van der Waals surface area contributed by atoms with Crippen LogP contribution in [0.1, 0.15) is 31.2 Å². The second-order valence-corrected chi connectivity index (χ2v) is 6.89. The van der Waals surface area contributed by atoms with Crippen molar-refractivity contribution in [3.63, 3.8) is 0 Å². The smallest absolute Gasteiger partial charge is 0.240 e. The molecule has 0 spiro atoms. The molecule has 0 saturated heterocycles. The fourth-order valence-corrected chi connectivity index (χ4v) is 3.52. The maximum absolute atomic E-state index is 13.5. The number of sulfonamides is 1. The third-order valence-corrected chi connectivity index (χ3v) is 5.11. The topological polar surface area (TPSA) is 72.2 Å². The van der Waals surface area contributed by atoms with Gasteiger partial charge in [-0.3, -0.25) is 0 Å². The number of nitrogens with one attached hydrogen (secondary N) is 1. The molecule has 1 aromatic rings. The van der Waals surface area contributed by atoms with Crippen LogP contribution in [-0.2, 0) is 10.0 Å². The largest absolute Gasteiger partial charge is 0.398 e. The molecule has 1 aromatic carbocycles. The number of nitrogens with two attached hydrogens (primary N) is 1. The van der Waals surface area contributed by atoms with E-state index in [1.807, 2.05) is 0 Å². The molecule has 0 aliphatic heterocycles. The second kappa shape index (κ2) is 5.46. The molecule has 3 N–H and O–H groups in total. The molecule has 1 aliphatic carbocycles. The van der Waals surface area contributed by atoms with Crippen LogP contribution >= 0.6 is 0 Å². The Bertz CT molecular complexity index is 543. The SMILES string of the molecule is Cc1c(N)cc(S(=O)(=O)NCC2CCCC2)cc1F. The molecule has 0 radical (unpaired) electrons. The first-order valence-corrected chi connectivity index (χ1v) is 7.94. The van der Waals surface area contributed by atoms with E-state index in [-0.39, 0.29) is 16.1 Å². The molecule has 0 aromatic heterocycles. The van der Waals surface area contributed by atoms with Crippen LogP contribution in [0.5, 0.6) is 0 Å². The highest BCUT2D eigenvalue weighted by molar-refractivity contribution is 7.89. The summed E-state index contributed by atoms with van der Waals surface area (Å²) >= 11 is 0. The minimum atomic E-state index is -3.68. The van der Waals surface area contributed by atoms with Crippen LogP contribution in [0.4, 0.5) is 10.1 Å². The zero-order chi connectivity index (χ0) is 14.0. The lowest BCUT2D eigenvalue weighted by Gasteiger charge is -2.12. The Morgan fingerprint density at radius 2 is 2.00 bits per heavy atom. The van der Waals surface area contributed by atoms with Gasteiger partial charge in [0, 0.05) is 17.8 Å². The Labute approximate surface area is 113 Å². The molecular formula is C13H19FN2O2S. The zero-order valence-corrected chi connectivity index (χ0v) is 11.8. The molecule has 1 aliphatic rings. The van der Waals surface area contributed by atoms with Crippen LogP contribution < -0.4 is 10.5 Å². The maximum atomic E-state index is 13.5. The summed E-state index contributed by atoms with van der Waals surface area (Å²) in [6, 6.07) is 2.32. The Balaban J connectivity index is 2.14. The summed E-state index contributed by atoms with van der Waals surface area (Å²) in [4.78, 5) is -0.105. The zero-order valence-electron chi connectivity index (χ0n) is 10.9. The lowest BCUT2D eigenvalue weighted by molar-refractivity contribution is 0.519. The molecular weight excluding hydrogens is 267 g/mol. The van der Waals surface area contributed by atoms with Crippen LogP contribution in [0.3, 0.4) is 0 Å². The van der Waals surface area contributed by atoms with Crippen molar-refractivity contribution in [1.82, 2.24) is 4.72 Å². The number of anilines is 1. The van der Waals surface area contributed by atoms with Crippen LogP contribution in [0.25, 0.3) is 0 Å². The van der Waals surface area contributed by atoms with Crippen molar-refractivity contribution in [2.75, 3.05) is 12.3 Å². The van der Waals surface area contributed by atoms with Crippen molar-refractivity contribution in [3.8, 4) is 0 Å². The Hall–Kier alpha value is -1.14. The summed E-state index contributed by atoms with van der Waals surface area (Å²) in [6.45, 7) is 1.94. The third kappa shape index (κ3) is 3.25. The highest BCUT2D eigenvalue weighted by Gasteiger charge is 2.21. The van der Waals surface area contributed by atoms with Gasteiger partial charge in [-0.2, -0.15) is 0 Å². The molecule has 0 amide bonds. The molecule has 4 nitrogen and oxygen atoms in total. The third-order valence-electron chi connectivity index (χ3n) is 3.71. The first-order chi connectivity index (χ1) is 8.90. The van der Waals surface area contributed by atoms with Gasteiger partial charge < -0.3 is 5.73 Å². The molecule has 0 atom stereocenters. The Kier molecular flexibility index (Phi) is 4.10. The average molecular weight is 286 g/mol. The van der Waals surface area contributed by atoms with Gasteiger partial charge in [0.25, 0.3) is 0 Å². The van der Waals surface area contributed by atoms with E-state index < -0.39 is 15.8 Å². The van der Waals surface area contributed by atoms with Gasteiger partial charge in [0.2, 0.25) is 10.0 Å². The fourth-order valence-electron chi connectivity index (χ4n) is 2.35. The molecule has 0 heterocycles. The first-order valence-electron chi connectivity index (χ1n) is 6.45. The van der Waals surface area contributed by atoms with Gasteiger partial charge in [-0.15, -0.1) is 0 Å². The standard InChI is InChI=1S/C13H19FN2O2S/c1-9-12(14)6-11(7-13(9)15)19(17,18)16-8-10-4-2-3-5-10/h6-7,10,16H,2-5,8,15H2,1H3. The summed E-state index contributed by atoms with van der Waals surface area (Å²) < 4.78 is 40.2. The van der Waals surface area contributed by atoms with Crippen LogP contribution in [0, 0.1) is 18.7 Å². The molecule has 0 unspecified atom stereocenters. The molecule has 2 rings (SSSR count). The maximum Gasteiger partial charge on any atom is 0.240 e. The van der Waals surface area contributed by atoms with Crippen molar-refractivity contribution in [1.29, 1.82) is 0 Å². The summed E-state index contributed by atoms with van der Waals surface area (Å²) in [6.07, 6.45) is 4.40. The number of hydrogen-bond acceptors (Lipinski definition) is 3. The van der Waals surface area contributed by atoms with Crippen LogP contribution in [-0.4, -0.2) is 15.0 Å². The summed E-state index contributed by atoms with van der Waals surface area (Å²) in [5, 5.41) is 0. The van der Waals surface area contributed by atoms with Gasteiger partial charge in [0.15, 0.2) is 0 Å². The van der Waals surface area contributed by atoms with Gasteiger partial charge in [0.1, 0.15) is 5.82 Å². The van der Waals surface area contributed by atoms with Crippen molar-refractivity contribution < 1.29 is 12.8 Å². The average Bonchev–Trinajstić information content (AvgIpc) is 2.86. The minimum Gasteiger partial charge on any atom is -0.398 e. The Morgan fingerprint density at radius 1 is 1.37 bits per heavy atom. The van der Waals surface area contributed by atoms with E-state index in [1.165, 1.54) is 13.0 Å². The molecule has 1 fully saturated rings. The molecule has 1 saturated carbocycles. The normalized spacial score (nSPS) is 16.9. The summed E-state index contributed by atoms with van der Waals surface area (Å²) in [7, 11) is -3.68. The van der Waals surface area contributed by atoms with Gasteiger partial charge in [0.05, 0.1) is 4.90 Å². The van der Waals surface area contributed by atoms with E-state index in [1.54, 1.807) is 0 Å². The van der Waals surface area contributed by atoms with Gasteiger partial charge in [-0.1, -0.05) is 12.8 Å². The van der Waals surface area contributed by atoms with E-state index in [0.717, 1.165) is 31.7 Å². The van der Waals surface area contributed by atoms with E-state index >= 15 is 0 Å². The molecule has 106 valence electrons. The van der Waals surface area contributed by atoms with Crippen molar-refractivity contribution in [2.24, 2.45) is 5.92 Å². The van der Waals surface area contributed by atoms with Crippen molar-refractivity contribution >= 4 is 15.7 Å². The highest BCUT2D eigenvalue weighted by atomic mass is 32.2. The number of hydrogen-bond donors (Lipinski definition) is 2. The van der Waals surface area contributed by atoms with E-state index in [4.69, 9.17) is 5.73 Å². The first kappa shape index (κ1) is 14.3. The molecule has 19 heavy (non-hydrogen) atoms. The number of nitrogen functional groups attached to an aromatic ring is 1. The number of rotatable bonds is 4. The predicted octanol–water partition coefficient (Wildman–Crippen LogP) is 2.18. The fraction of sp³-hybridized carbons (Fsp3) is 0.538. The lowest BCUT2D eigenvalue weighted by atomic mass is 10.1. The van der Waals surface area contributed by atoms with Gasteiger partial charge >= 0.3 is 0 Å². The van der Waals surface area contributed by atoms with E-state index in [2.05, 4.69) is 4.72 Å². The monoisotopic (exact) mass is 286 g/mol. The highest BCUT2D eigenvalue weighted by Crippen LogP contribution is 2.25. The second-order valence-electron chi connectivity index (χ2n) is 5.12. The van der Waals surface area contributed by atoms with Gasteiger partial charge in [-0.25, -0.2) is 17.5 Å². The summed E-state index contributed by atoms with van der Waals surface area (Å²) in [5.74, 6) is -0.205. The Morgan fingerprint density at radius 3 is 2.58 bits per heavy atom. The number of halogens is 1. The summed E-state index contributed by atoms with van der Waals surface area (Å²) in [5.41, 5.74) is 6.03. The van der Waals surface area contributed by atoms with E-state index in [9.17, 15) is 12.8 Å². The van der Waals surface area contributed by atoms with Crippen molar-refractivity contribution in [3.05, 3.63) is 23.5 Å². The number of benzene rings is 1. The van der Waals surface area contributed by atoms with E-state index in [0.29, 0.717) is 12.5 Å². The van der Waals surface area contributed by atoms with Gasteiger partial charge in [-0.05, 0) is 37.8 Å². The van der Waals surface area contributed by atoms with Crippen LogP contribution in [0.2, 0.25) is 0 Å². The molecule has 0 bridgehead atoms. The predicted molar refractivity (Wildman–Crippen MR) is 72.7 cm³/mol. The van der Waals surface area contributed by atoms with Crippen molar-refractivity contribution in [2.45, 2.75) is 37.5 Å².